The zero-order valence-electron chi connectivity index (χ0n) is 19.1. The van der Waals surface area contributed by atoms with Gasteiger partial charge in [-0.15, -0.1) is 13.2 Å². The Kier molecular flexibility index (Phi) is 7.95. The number of nitrogens with zero attached hydrogens (tertiary/aromatic N) is 1. The molecule has 184 valence electrons. The van der Waals surface area contributed by atoms with Crippen molar-refractivity contribution < 1.29 is 27.5 Å². The van der Waals surface area contributed by atoms with Crippen molar-refractivity contribution in [2.75, 3.05) is 0 Å². The minimum atomic E-state index is -4.80. The average molecular weight is 487 g/mol. The lowest BCUT2D eigenvalue weighted by Crippen LogP contribution is -2.35. The van der Waals surface area contributed by atoms with E-state index in [2.05, 4.69) is 15.4 Å². The number of rotatable bonds is 8. The minimum Gasteiger partial charge on any atom is -0.406 e. The number of nitrogens with one attached hydrogen (secondary N) is 2. The third-order valence-corrected chi connectivity index (χ3v) is 5.04. The Labute approximate surface area is 199 Å². The predicted octanol–water partition coefficient (Wildman–Crippen LogP) is 4.19. The Morgan fingerprint density at radius 1 is 0.857 bits per heavy atom. The van der Waals surface area contributed by atoms with Crippen LogP contribution in [0.3, 0.4) is 0 Å². The van der Waals surface area contributed by atoms with Crippen molar-refractivity contribution >= 4 is 11.8 Å². The van der Waals surface area contributed by atoms with Gasteiger partial charge < -0.3 is 19.9 Å². The highest BCUT2D eigenvalue weighted by Crippen LogP contribution is 2.22. The number of carbonyl (C=O) groups is 2. The van der Waals surface area contributed by atoms with E-state index in [-0.39, 0.29) is 36.0 Å². The van der Waals surface area contributed by atoms with E-state index in [1.54, 1.807) is 4.57 Å². The number of pyridine rings is 1. The zero-order valence-corrected chi connectivity index (χ0v) is 19.1. The first-order chi connectivity index (χ1) is 16.5. The normalized spacial score (nSPS) is 11.3. The summed E-state index contributed by atoms with van der Waals surface area (Å²) >= 11 is 0. The number of ether oxygens (including phenoxy) is 1. The monoisotopic (exact) mass is 487 g/mol. The van der Waals surface area contributed by atoms with E-state index >= 15 is 0 Å². The summed E-state index contributed by atoms with van der Waals surface area (Å²) in [6.07, 6.45) is -2.02. The Balaban J connectivity index is 1.75. The fourth-order valence-electron chi connectivity index (χ4n) is 3.18. The fourth-order valence-corrected chi connectivity index (χ4v) is 3.18. The molecule has 0 radical (unpaired) electrons. The van der Waals surface area contributed by atoms with E-state index in [4.69, 9.17) is 0 Å². The van der Waals surface area contributed by atoms with Crippen LogP contribution in [-0.2, 0) is 13.1 Å². The molecule has 3 aromatic rings. The van der Waals surface area contributed by atoms with Gasteiger partial charge in [-0.2, -0.15) is 0 Å². The maximum absolute atomic E-state index is 13.0. The van der Waals surface area contributed by atoms with Crippen molar-refractivity contribution in [1.82, 2.24) is 15.2 Å². The molecule has 0 unspecified atom stereocenters. The number of alkyl halides is 3. The molecule has 0 aliphatic heterocycles. The van der Waals surface area contributed by atoms with Gasteiger partial charge in [-0.3, -0.25) is 14.4 Å². The van der Waals surface area contributed by atoms with Crippen molar-refractivity contribution in [3.63, 3.8) is 0 Å². The van der Waals surface area contributed by atoms with E-state index in [1.807, 2.05) is 44.2 Å². The van der Waals surface area contributed by atoms with Gasteiger partial charge in [0.25, 0.3) is 11.8 Å². The van der Waals surface area contributed by atoms with E-state index < -0.39 is 23.6 Å². The Bertz CT molecular complexity index is 1240. The van der Waals surface area contributed by atoms with Gasteiger partial charge >= 0.3 is 6.36 Å². The molecule has 0 spiro atoms. The molecule has 2 aromatic carbocycles. The van der Waals surface area contributed by atoms with Crippen LogP contribution < -0.4 is 20.8 Å². The smallest absolute Gasteiger partial charge is 0.406 e. The van der Waals surface area contributed by atoms with Crippen LogP contribution in [-0.4, -0.2) is 22.7 Å². The molecule has 0 atom stereocenters. The summed E-state index contributed by atoms with van der Waals surface area (Å²) in [5.74, 6) is -1.71. The van der Waals surface area contributed by atoms with Crippen molar-refractivity contribution in [2.24, 2.45) is 0 Å². The molecule has 0 bridgehead atoms. The molecular weight excluding hydrogens is 463 g/mol. The lowest BCUT2D eigenvalue weighted by molar-refractivity contribution is -0.274. The summed E-state index contributed by atoms with van der Waals surface area (Å²) in [4.78, 5) is 38.5. The third kappa shape index (κ3) is 7.20. The van der Waals surface area contributed by atoms with Gasteiger partial charge in [0.1, 0.15) is 16.9 Å². The van der Waals surface area contributed by atoms with Crippen molar-refractivity contribution in [3.05, 3.63) is 99.5 Å². The van der Waals surface area contributed by atoms with Crippen LogP contribution in [0.1, 0.15) is 51.7 Å². The molecule has 3 rings (SSSR count). The highest BCUT2D eigenvalue weighted by atomic mass is 19.4. The van der Waals surface area contributed by atoms with Gasteiger partial charge in [-0.1, -0.05) is 42.5 Å². The first-order valence-corrected chi connectivity index (χ1v) is 10.7. The lowest BCUT2D eigenvalue weighted by Gasteiger charge is -2.15. The van der Waals surface area contributed by atoms with E-state index in [9.17, 15) is 27.6 Å². The summed E-state index contributed by atoms with van der Waals surface area (Å²) in [5.41, 5.74) is 0.234. The van der Waals surface area contributed by atoms with Crippen LogP contribution in [0, 0.1) is 0 Å². The van der Waals surface area contributed by atoms with Gasteiger partial charge in [0, 0.05) is 31.5 Å². The number of aromatic nitrogens is 1. The van der Waals surface area contributed by atoms with Gasteiger partial charge in [0.05, 0.1) is 0 Å². The summed E-state index contributed by atoms with van der Waals surface area (Å²) < 4.78 is 42.3. The molecule has 2 N–H and O–H groups in total. The zero-order chi connectivity index (χ0) is 25.6. The highest BCUT2D eigenvalue weighted by molar-refractivity contribution is 5.99. The highest BCUT2D eigenvalue weighted by Gasteiger charge is 2.31. The van der Waals surface area contributed by atoms with Crippen LogP contribution in [0.5, 0.6) is 5.75 Å². The van der Waals surface area contributed by atoms with Gasteiger partial charge in [0.15, 0.2) is 0 Å². The Morgan fingerprint density at radius 3 is 1.80 bits per heavy atom. The molecule has 0 fully saturated rings. The molecule has 0 saturated carbocycles. The number of hydrogen-bond donors (Lipinski definition) is 2. The molecule has 0 saturated heterocycles. The standard InChI is InChI=1S/C25H24F3N3O4/c1-16(2)31-14-20(23(33)29-12-17-6-4-3-5-7-17)22(32)21(15-31)24(34)30-13-18-8-10-19(11-9-18)35-25(26,27)28/h3-11,14-16H,12-13H2,1-2H3,(H,29,33)(H,30,34). The van der Waals surface area contributed by atoms with Gasteiger partial charge in [-0.05, 0) is 37.1 Å². The SMILES string of the molecule is CC(C)n1cc(C(=O)NCc2ccccc2)c(=O)c(C(=O)NCc2ccc(OC(F)(F)F)cc2)c1. The number of hydrogen-bond acceptors (Lipinski definition) is 4. The Hall–Kier alpha value is -4.08. The second kappa shape index (κ2) is 10.9. The second-order valence-electron chi connectivity index (χ2n) is 8.00. The second-order valence-corrected chi connectivity index (χ2v) is 8.00. The number of amides is 2. The topological polar surface area (TPSA) is 89.4 Å². The predicted molar refractivity (Wildman–Crippen MR) is 123 cm³/mol. The minimum absolute atomic E-state index is 0.0450. The quantitative estimate of drug-likeness (QED) is 0.499. The van der Waals surface area contributed by atoms with Crippen molar-refractivity contribution in [2.45, 2.75) is 39.3 Å². The van der Waals surface area contributed by atoms with Crippen molar-refractivity contribution in [1.29, 1.82) is 0 Å². The van der Waals surface area contributed by atoms with E-state index in [1.165, 1.54) is 24.5 Å². The molecule has 7 nitrogen and oxygen atoms in total. The summed E-state index contributed by atoms with van der Waals surface area (Å²) in [7, 11) is 0. The number of benzene rings is 2. The summed E-state index contributed by atoms with van der Waals surface area (Å²) in [6.45, 7) is 3.84. The molecule has 35 heavy (non-hydrogen) atoms. The molecule has 0 aliphatic rings. The molecule has 0 aliphatic carbocycles. The van der Waals surface area contributed by atoms with Crippen LogP contribution in [0.15, 0.2) is 71.8 Å². The largest absolute Gasteiger partial charge is 0.573 e. The molecular formula is C25H24F3N3O4. The van der Waals surface area contributed by atoms with E-state index in [0.717, 1.165) is 17.7 Å². The number of halogens is 3. The average Bonchev–Trinajstić information content (AvgIpc) is 2.81. The van der Waals surface area contributed by atoms with Crippen LogP contribution in [0.2, 0.25) is 0 Å². The molecule has 10 heteroatoms. The molecule has 1 heterocycles. The van der Waals surface area contributed by atoms with Crippen LogP contribution in [0.25, 0.3) is 0 Å². The first kappa shape index (κ1) is 25.5. The van der Waals surface area contributed by atoms with Crippen LogP contribution in [0.4, 0.5) is 13.2 Å². The maximum atomic E-state index is 13.0. The third-order valence-electron chi connectivity index (χ3n) is 5.04. The van der Waals surface area contributed by atoms with Gasteiger partial charge in [0.2, 0.25) is 5.43 Å². The lowest BCUT2D eigenvalue weighted by atomic mass is 10.1. The Morgan fingerprint density at radius 2 is 1.34 bits per heavy atom. The molecule has 2 amide bonds. The van der Waals surface area contributed by atoms with Crippen LogP contribution >= 0.6 is 0 Å². The van der Waals surface area contributed by atoms with Gasteiger partial charge in [-0.25, -0.2) is 0 Å². The van der Waals surface area contributed by atoms with Crippen molar-refractivity contribution in [3.8, 4) is 5.75 Å². The fraction of sp³-hybridized carbons (Fsp3) is 0.240. The first-order valence-electron chi connectivity index (χ1n) is 10.7. The van der Waals surface area contributed by atoms with E-state index in [0.29, 0.717) is 5.56 Å². The molecule has 1 aromatic heterocycles. The number of carbonyl (C=O) groups excluding carboxylic acids is 2. The summed E-state index contributed by atoms with van der Waals surface area (Å²) in [5, 5.41) is 5.26. The maximum Gasteiger partial charge on any atom is 0.573 e. The summed E-state index contributed by atoms with van der Waals surface area (Å²) in [6, 6.07) is 14.0.